The first-order chi connectivity index (χ1) is 11.1. The van der Waals surface area contributed by atoms with Crippen molar-refractivity contribution in [1.29, 1.82) is 0 Å². The molecule has 6 heteroatoms. The van der Waals surface area contributed by atoms with Crippen molar-refractivity contribution in [3.8, 4) is 0 Å². The van der Waals surface area contributed by atoms with Crippen molar-refractivity contribution < 1.29 is 4.79 Å². The molecule has 126 valence electrons. The van der Waals surface area contributed by atoms with Crippen LogP contribution in [0.1, 0.15) is 38.5 Å². The molecule has 3 rings (SSSR count). The fourth-order valence-electron chi connectivity index (χ4n) is 3.62. The Bertz CT molecular complexity index is 607. The zero-order valence-electron chi connectivity index (χ0n) is 13.9. The average Bonchev–Trinajstić information content (AvgIpc) is 2.58. The van der Waals surface area contributed by atoms with Crippen LogP contribution in [0.15, 0.2) is 17.1 Å². The number of amides is 1. The third-order valence-electron chi connectivity index (χ3n) is 5.01. The highest BCUT2D eigenvalue weighted by atomic mass is 16.2. The molecule has 3 heterocycles. The molecule has 0 spiro atoms. The summed E-state index contributed by atoms with van der Waals surface area (Å²) >= 11 is 0. The Labute approximate surface area is 137 Å². The van der Waals surface area contributed by atoms with Gasteiger partial charge in [-0.3, -0.25) is 9.59 Å². The topological polar surface area (TPSA) is 58.4 Å². The van der Waals surface area contributed by atoms with Crippen LogP contribution in [-0.2, 0) is 11.8 Å². The second kappa shape index (κ2) is 7.15. The van der Waals surface area contributed by atoms with Gasteiger partial charge in [0.2, 0.25) is 5.91 Å². The van der Waals surface area contributed by atoms with Gasteiger partial charge in [-0.05, 0) is 38.0 Å². The minimum atomic E-state index is -0.0889. The molecule has 1 atom stereocenters. The van der Waals surface area contributed by atoms with E-state index in [4.69, 9.17) is 0 Å². The van der Waals surface area contributed by atoms with E-state index in [2.05, 4.69) is 10.00 Å². The highest BCUT2D eigenvalue weighted by Gasteiger charge is 2.25. The molecule has 0 aliphatic carbocycles. The molecular weight excluding hydrogens is 292 g/mol. The largest absolute Gasteiger partial charge is 0.370 e. The summed E-state index contributed by atoms with van der Waals surface area (Å²) in [6.45, 7) is 3.62. The van der Waals surface area contributed by atoms with Gasteiger partial charge in [0.1, 0.15) is 0 Å². The van der Waals surface area contributed by atoms with Crippen LogP contribution in [0.3, 0.4) is 0 Å². The quantitative estimate of drug-likeness (QED) is 0.845. The number of nitrogens with zero attached hydrogens (tertiary/aromatic N) is 4. The van der Waals surface area contributed by atoms with Gasteiger partial charge in [-0.2, -0.15) is 5.10 Å². The lowest BCUT2D eigenvalue weighted by molar-refractivity contribution is -0.133. The van der Waals surface area contributed by atoms with Gasteiger partial charge in [-0.1, -0.05) is 0 Å². The highest BCUT2D eigenvalue weighted by Crippen LogP contribution is 2.25. The molecule has 6 nitrogen and oxygen atoms in total. The van der Waals surface area contributed by atoms with Crippen LogP contribution in [0, 0.1) is 5.92 Å². The van der Waals surface area contributed by atoms with Crippen LogP contribution < -0.4 is 10.5 Å². The summed E-state index contributed by atoms with van der Waals surface area (Å²) in [6.07, 6.45) is 8.06. The van der Waals surface area contributed by atoms with Crippen molar-refractivity contribution in [2.45, 2.75) is 38.5 Å². The fraction of sp³-hybridized carbons (Fsp3) is 0.706. The number of hydrogen-bond donors (Lipinski definition) is 0. The Kier molecular flexibility index (Phi) is 4.98. The molecule has 0 radical (unpaired) electrons. The number of aryl methyl sites for hydroxylation is 1. The molecule has 0 aromatic carbocycles. The summed E-state index contributed by atoms with van der Waals surface area (Å²) in [7, 11) is 1.66. The number of aromatic nitrogens is 2. The molecule has 0 saturated carbocycles. The van der Waals surface area contributed by atoms with Gasteiger partial charge < -0.3 is 9.80 Å². The molecule has 0 bridgehead atoms. The van der Waals surface area contributed by atoms with E-state index in [9.17, 15) is 9.59 Å². The number of carbonyl (C=O) groups is 1. The van der Waals surface area contributed by atoms with E-state index in [-0.39, 0.29) is 5.56 Å². The number of anilines is 1. The number of carbonyl (C=O) groups excluding carboxylic acids is 1. The molecule has 2 aliphatic rings. The minimum Gasteiger partial charge on any atom is -0.370 e. The van der Waals surface area contributed by atoms with Gasteiger partial charge in [0, 0.05) is 45.7 Å². The molecule has 1 unspecified atom stereocenters. The Morgan fingerprint density at radius 3 is 2.74 bits per heavy atom. The van der Waals surface area contributed by atoms with Crippen molar-refractivity contribution in [2.75, 3.05) is 31.1 Å². The Balaban J connectivity index is 1.60. The summed E-state index contributed by atoms with van der Waals surface area (Å²) in [5.41, 5.74) is 0.789. The number of hydrogen-bond acceptors (Lipinski definition) is 4. The van der Waals surface area contributed by atoms with Gasteiger partial charge in [-0.25, -0.2) is 4.68 Å². The molecule has 2 fully saturated rings. The van der Waals surface area contributed by atoms with Crippen LogP contribution in [0.4, 0.5) is 5.69 Å². The van der Waals surface area contributed by atoms with Gasteiger partial charge in [0.15, 0.2) is 0 Å². The lowest BCUT2D eigenvalue weighted by Gasteiger charge is -2.35. The maximum Gasteiger partial charge on any atom is 0.268 e. The SMILES string of the molecule is Cn1ncc(N2CCCC(CC(=O)N3CCCCC3)C2)cc1=O. The third-order valence-corrected chi connectivity index (χ3v) is 5.01. The number of likely N-dealkylation sites (tertiary alicyclic amines) is 1. The summed E-state index contributed by atoms with van der Waals surface area (Å²) in [5.74, 6) is 0.681. The maximum absolute atomic E-state index is 12.4. The summed E-state index contributed by atoms with van der Waals surface area (Å²) in [5, 5.41) is 4.10. The molecule has 0 N–H and O–H groups in total. The van der Waals surface area contributed by atoms with Gasteiger partial charge in [0.05, 0.1) is 11.9 Å². The van der Waals surface area contributed by atoms with Crippen LogP contribution in [-0.4, -0.2) is 46.8 Å². The monoisotopic (exact) mass is 318 g/mol. The molecule has 23 heavy (non-hydrogen) atoms. The van der Waals surface area contributed by atoms with Gasteiger partial charge >= 0.3 is 0 Å². The van der Waals surface area contributed by atoms with Crippen molar-refractivity contribution in [3.63, 3.8) is 0 Å². The third kappa shape index (κ3) is 3.92. The first-order valence-electron chi connectivity index (χ1n) is 8.69. The highest BCUT2D eigenvalue weighted by molar-refractivity contribution is 5.76. The summed E-state index contributed by atoms with van der Waals surface area (Å²) in [4.78, 5) is 28.4. The molecule has 1 aromatic rings. The smallest absolute Gasteiger partial charge is 0.268 e. The Hall–Kier alpha value is -1.85. The minimum absolute atomic E-state index is 0.0889. The molecule has 2 aliphatic heterocycles. The van der Waals surface area contributed by atoms with Gasteiger partial charge in [0.25, 0.3) is 5.56 Å². The van der Waals surface area contributed by atoms with E-state index in [1.54, 1.807) is 19.3 Å². The second-order valence-electron chi connectivity index (χ2n) is 6.78. The van der Waals surface area contributed by atoms with Crippen molar-refractivity contribution in [3.05, 3.63) is 22.6 Å². The van der Waals surface area contributed by atoms with E-state index in [0.717, 1.165) is 57.5 Å². The standard InChI is InChI=1S/C17H26N4O2/c1-19-16(22)11-15(12-18-19)21-9-5-6-14(13-21)10-17(23)20-7-3-2-4-8-20/h11-12,14H,2-10,13H2,1H3. The predicted molar refractivity (Wildman–Crippen MR) is 89.5 cm³/mol. The lowest BCUT2D eigenvalue weighted by atomic mass is 9.93. The van der Waals surface area contributed by atoms with Crippen molar-refractivity contribution in [2.24, 2.45) is 13.0 Å². The predicted octanol–water partition coefficient (Wildman–Crippen LogP) is 1.40. The van der Waals surface area contributed by atoms with E-state index in [1.165, 1.54) is 11.1 Å². The molecule has 2 saturated heterocycles. The van der Waals surface area contributed by atoms with E-state index >= 15 is 0 Å². The summed E-state index contributed by atoms with van der Waals surface area (Å²) < 4.78 is 1.34. The summed E-state index contributed by atoms with van der Waals surface area (Å²) in [6, 6.07) is 1.64. The Morgan fingerprint density at radius 1 is 1.22 bits per heavy atom. The first-order valence-corrected chi connectivity index (χ1v) is 8.69. The molecule has 1 amide bonds. The lowest BCUT2D eigenvalue weighted by Crippen LogP contribution is -2.41. The maximum atomic E-state index is 12.4. The van der Waals surface area contributed by atoms with Gasteiger partial charge in [-0.15, -0.1) is 0 Å². The first kappa shape index (κ1) is 16.0. The van der Waals surface area contributed by atoms with Crippen LogP contribution >= 0.6 is 0 Å². The van der Waals surface area contributed by atoms with Crippen LogP contribution in [0.2, 0.25) is 0 Å². The van der Waals surface area contributed by atoms with E-state index in [0.29, 0.717) is 18.2 Å². The van der Waals surface area contributed by atoms with Crippen LogP contribution in [0.5, 0.6) is 0 Å². The number of piperidine rings is 2. The van der Waals surface area contributed by atoms with Crippen molar-refractivity contribution >= 4 is 11.6 Å². The number of rotatable bonds is 3. The van der Waals surface area contributed by atoms with Crippen LogP contribution in [0.25, 0.3) is 0 Å². The average molecular weight is 318 g/mol. The van der Waals surface area contributed by atoms with Crippen molar-refractivity contribution in [1.82, 2.24) is 14.7 Å². The zero-order valence-corrected chi connectivity index (χ0v) is 13.9. The normalized spacial score (nSPS) is 22.2. The molecular formula is C17H26N4O2. The molecule has 1 aromatic heterocycles. The second-order valence-corrected chi connectivity index (χ2v) is 6.78. The zero-order chi connectivity index (χ0) is 16.2. The van der Waals surface area contributed by atoms with E-state index < -0.39 is 0 Å². The van der Waals surface area contributed by atoms with E-state index in [1.807, 2.05) is 4.90 Å². The Morgan fingerprint density at radius 2 is 2.00 bits per heavy atom. The fourth-order valence-corrected chi connectivity index (χ4v) is 3.62.